The molecule has 0 unspecified atom stereocenters. The Balaban J connectivity index is 1.33. The van der Waals surface area contributed by atoms with E-state index in [1.807, 2.05) is 53.6 Å². The Labute approximate surface area is 161 Å². The fraction of sp³-hybridized carbons (Fsp3) is 0.316. The molecule has 3 heterocycles. The summed E-state index contributed by atoms with van der Waals surface area (Å²) in [4.78, 5) is 15.5. The third-order valence-electron chi connectivity index (χ3n) is 4.73. The zero-order valence-corrected chi connectivity index (χ0v) is 15.8. The number of hydrogen-bond acceptors (Lipinski definition) is 4. The van der Waals surface area contributed by atoms with Crippen molar-refractivity contribution >= 4 is 34.9 Å². The molecule has 1 amide bonds. The van der Waals surface area contributed by atoms with Gasteiger partial charge in [-0.3, -0.25) is 9.20 Å². The number of carbonyl (C=O) groups excluding carboxylic acids is 1. The summed E-state index contributed by atoms with van der Waals surface area (Å²) >= 11 is 7.45. The Bertz CT molecular complexity index is 903. The molecule has 5 nitrogen and oxygen atoms in total. The Hall–Kier alpha value is -2.05. The first-order valence-electron chi connectivity index (χ1n) is 8.66. The fourth-order valence-electron chi connectivity index (χ4n) is 3.29. The van der Waals surface area contributed by atoms with Crippen LogP contribution < -0.4 is 0 Å². The Morgan fingerprint density at radius 1 is 1.12 bits per heavy atom. The lowest BCUT2D eigenvalue weighted by Gasteiger charge is -2.31. The van der Waals surface area contributed by atoms with Crippen LogP contribution >= 0.6 is 23.4 Å². The number of thioether (sulfide) groups is 1. The lowest BCUT2D eigenvalue weighted by atomic mass is 9.96. The molecule has 1 fully saturated rings. The maximum atomic E-state index is 12.5. The number of piperidine rings is 1. The summed E-state index contributed by atoms with van der Waals surface area (Å²) in [6.07, 6.45) is 3.85. The van der Waals surface area contributed by atoms with Gasteiger partial charge in [-0.2, -0.15) is 0 Å². The zero-order chi connectivity index (χ0) is 17.9. The summed E-state index contributed by atoms with van der Waals surface area (Å²) in [6, 6.07) is 13.5. The lowest BCUT2D eigenvalue weighted by molar-refractivity contribution is -0.129. The quantitative estimate of drug-likeness (QED) is 0.638. The van der Waals surface area contributed by atoms with Crippen molar-refractivity contribution in [3.63, 3.8) is 0 Å². The number of aromatic nitrogens is 3. The smallest absolute Gasteiger partial charge is 0.232 e. The van der Waals surface area contributed by atoms with E-state index in [1.54, 1.807) is 11.8 Å². The van der Waals surface area contributed by atoms with Crippen LogP contribution in [0.25, 0.3) is 5.65 Å². The first-order valence-corrected chi connectivity index (χ1v) is 10.0. The molecule has 0 radical (unpaired) electrons. The van der Waals surface area contributed by atoms with Crippen LogP contribution in [0.2, 0.25) is 5.02 Å². The van der Waals surface area contributed by atoms with E-state index in [0.717, 1.165) is 42.3 Å². The predicted octanol–water partition coefficient (Wildman–Crippen LogP) is 3.88. The molecule has 0 N–H and O–H groups in total. The van der Waals surface area contributed by atoms with Crippen LogP contribution in [0.3, 0.4) is 0 Å². The van der Waals surface area contributed by atoms with Crippen molar-refractivity contribution in [2.45, 2.75) is 23.7 Å². The van der Waals surface area contributed by atoms with Crippen LogP contribution in [0.15, 0.2) is 53.6 Å². The van der Waals surface area contributed by atoms with Gasteiger partial charge in [0, 0.05) is 35.1 Å². The van der Waals surface area contributed by atoms with E-state index in [-0.39, 0.29) is 5.91 Å². The molecule has 1 aliphatic rings. The van der Waals surface area contributed by atoms with E-state index in [9.17, 15) is 4.79 Å². The van der Waals surface area contributed by atoms with Gasteiger partial charge in [-0.1, -0.05) is 17.7 Å². The average Bonchev–Trinajstić information content (AvgIpc) is 3.11. The maximum Gasteiger partial charge on any atom is 0.232 e. The van der Waals surface area contributed by atoms with Crippen LogP contribution in [0.1, 0.15) is 24.6 Å². The Kier molecular flexibility index (Phi) is 5.13. The zero-order valence-electron chi connectivity index (χ0n) is 14.2. The molecule has 4 rings (SSSR count). The van der Waals surface area contributed by atoms with E-state index >= 15 is 0 Å². The van der Waals surface area contributed by atoms with Gasteiger partial charge in [0.1, 0.15) is 5.82 Å². The Morgan fingerprint density at radius 3 is 2.65 bits per heavy atom. The fourth-order valence-corrected chi connectivity index (χ4v) is 4.22. The number of halogens is 1. The SMILES string of the molecule is O=C(CSc1ccc(Cl)cc1)N1CCC(c2nnc3ccccn23)CC1. The van der Waals surface area contributed by atoms with Gasteiger partial charge in [-0.05, 0) is 49.2 Å². The maximum absolute atomic E-state index is 12.5. The molecule has 134 valence electrons. The highest BCUT2D eigenvalue weighted by Crippen LogP contribution is 2.28. The van der Waals surface area contributed by atoms with Gasteiger partial charge in [-0.15, -0.1) is 22.0 Å². The van der Waals surface area contributed by atoms with Gasteiger partial charge in [0.2, 0.25) is 5.91 Å². The Morgan fingerprint density at radius 2 is 1.88 bits per heavy atom. The minimum absolute atomic E-state index is 0.189. The number of nitrogens with zero attached hydrogens (tertiary/aromatic N) is 4. The van der Waals surface area contributed by atoms with E-state index in [2.05, 4.69) is 14.6 Å². The summed E-state index contributed by atoms with van der Waals surface area (Å²) in [5.41, 5.74) is 0.875. The largest absolute Gasteiger partial charge is 0.342 e. The number of pyridine rings is 1. The lowest BCUT2D eigenvalue weighted by Crippen LogP contribution is -2.39. The molecular weight excluding hydrogens is 368 g/mol. The topological polar surface area (TPSA) is 50.5 Å². The van der Waals surface area contributed by atoms with Gasteiger partial charge >= 0.3 is 0 Å². The van der Waals surface area contributed by atoms with E-state index in [1.165, 1.54) is 0 Å². The predicted molar refractivity (Wildman–Crippen MR) is 104 cm³/mol. The second-order valence-electron chi connectivity index (χ2n) is 6.38. The molecule has 0 saturated carbocycles. The van der Waals surface area contributed by atoms with Crippen LogP contribution in [0.5, 0.6) is 0 Å². The monoisotopic (exact) mass is 386 g/mol. The van der Waals surface area contributed by atoms with E-state index in [4.69, 9.17) is 11.6 Å². The molecule has 7 heteroatoms. The first-order chi connectivity index (χ1) is 12.7. The molecule has 0 spiro atoms. The average molecular weight is 387 g/mol. The number of benzene rings is 1. The third kappa shape index (κ3) is 3.71. The summed E-state index contributed by atoms with van der Waals surface area (Å²) in [7, 11) is 0. The first kappa shape index (κ1) is 17.4. The van der Waals surface area contributed by atoms with Crippen molar-refractivity contribution in [3.05, 3.63) is 59.5 Å². The second-order valence-corrected chi connectivity index (χ2v) is 7.87. The van der Waals surface area contributed by atoms with Crippen molar-refractivity contribution in [2.24, 2.45) is 0 Å². The highest BCUT2D eigenvalue weighted by Gasteiger charge is 2.26. The third-order valence-corrected chi connectivity index (χ3v) is 5.98. The van der Waals surface area contributed by atoms with Crippen LogP contribution in [-0.2, 0) is 4.79 Å². The van der Waals surface area contributed by atoms with Crippen LogP contribution in [-0.4, -0.2) is 44.2 Å². The molecular formula is C19H19ClN4OS. The molecule has 3 aromatic rings. The number of amides is 1. The van der Waals surface area contributed by atoms with E-state index < -0.39 is 0 Å². The molecule has 0 aliphatic carbocycles. The summed E-state index contributed by atoms with van der Waals surface area (Å²) in [6.45, 7) is 1.54. The summed E-state index contributed by atoms with van der Waals surface area (Å²) in [5.74, 6) is 2.00. The normalized spacial score (nSPS) is 15.5. The van der Waals surface area contributed by atoms with Crippen molar-refractivity contribution in [3.8, 4) is 0 Å². The van der Waals surface area contributed by atoms with Gasteiger partial charge < -0.3 is 4.90 Å². The van der Waals surface area contributed by atoms with Gasteiger partial charge in [-0.25, -0.2) is 0 Å². The minimum Gasteiger partial charge on any atom is -0.342 e. The van der Waals surface area contributed by atoms with Crippen LogP contribution in [0, 0.1) is 0 Å². The summed E-state index contributed by atoms with van der Waals surface area (Å²) in [5, 5.41) is 9.32. The van der Waals surface area contributed by atoms with Gasteiger partial charge in [0.05, 0.1) is 5.75 Å². The number of likely N-dealkylation sites (tertiary alicyclic amines) is 1. The minimum atomic E-state index is 0.189. The van der Waals surface area contributed by atoms with Crippen molar-refractivity contribution in [1.29, 1.82) is 0 Å². The number of fused-ring (bicyclic) bond motifs is 1. The molecule has 0 bridgehead atoms. The molecule has 0 atom stereocenters. The van der Waals surface area contributed by atoms with Gasteiger partial charge in [0.15, 0.2) is 5.65 Å². The molecule has 2 aromatic heterocycles. The molecule has 1 saturated heterocycles. The highest BCUT2D eigenvalue weighted by molar-refractivity contribution is 8.00. The summed E-state index contributed by atoms with van der Waals surface area (Å²) < 4.78 is 2.05. The molecule has 1 aliphatic heterocycles. The van der Waals surface area contributed by atoms with Crippen molar-refractivity contribution < 1.29 is 4.79 Å². The van der Waals surface area contributed by atoms with Gasteiger partial charge in [0.25, 0.3) is 0 Å². The van der Waals surface area contributed by atoms with Crippen molar-refractivity contribution in [1.82, 2.24) is 19.5 Å². The molecule has 26 heavy (non-hydrogen) atoms. The number of carbonyl (C=O) groups is 1. The molecule has 1 aromatic carbocycles. The number of hydrogen-bond donors (Lipinski definition) is 0. The number of rotatable bonds is 4. The van der Waals surface area contributed by atoms with Crippen LogP contribution in [0.4, 0.5) is 0 Å². The van der Waals surface area contributed by atoms with E-state index in [0.29, 0.717) is 16.7 Å². The van der Waals surface area contributed by atoms with Crippen molar-refractivity contribution in [2.75, 3.05) is 18.8 Å². The standard InChI is InChI=1S/C19H19ClN4OS/c20-15-4-6-16(7-5-15)26-13-18(25)23-11-8-14(9-12-23)19-22-21-17-3-1-2-10-24(17)19/h1-7,10,14H,8-9,11-13H2. The second kappa shape index (κ2) is 7.68. The highest BCUT2D eigenvalue weighted by atomic mass is 35.5.